The van der Waals surface area contributed by atoms with Crippen LogP contribution in [0.4, 0.5) is 36.8 Å². The van der Waals surface area contributed by atoms with Crippen molar-refractivity contribution < 1.29 is 55.2 Å². The van der Waals surface area contributed by atoms with Crippen LogP contribution in [0.2, 0.25) is 0 Å². The SMILES string of the molecule is COc1ncc(N2CCc3ncnc(OC4CN(C(=O)OC(C)(C)C)C4)c3C2)cc1C(F)(F)F.O=C(O)C(F)(F)F. The molecule has 0 radical (unpaired) electrons. The fraction of sp³-hybridized carbons (Fsp3) is 0.542. The number of pyridine rings is 1. The molecule has 0 aliphatic carbocycles. The number of halogens is 6. The molecule has 0 saturated carbocycles. The van der Waals surface area contributed by atoms with E-state index < -0.39 is 41.5 Å². The van der Waals surface area contributed by atoms with E-state index in [9.17, 15) is 31.1 Å². The van der Waals surface area contributed by atoms with Gasteiger partial charge in [0.25, 0.3) is 0 Å². The molecule has 0 unspecified atom stereocenters. The van der Waals surface area contributed by atoms with Crippen molar-refractivity contribution in [1.29, 1.82) is 0 Å². The number of anilines is 1. The summed E-state index contributed by atoms with van der Waals surface area (Å²) >= 11 is 0. The van der Waals surface area contributed by atoms with Gasteiger partial charge in [-0.1, -0.05) is 0 Å². The maximum absolute atomic E-state index is 13.4. The van der Waals surface area contributed by atoms with Gasteiger partial charge in [-0.05, 0) is 26.8 Å². The van der Waals surface area contributed by atoms with E-state index in [0.29, 0.717) is 43.2 Å². The Hall–Kier alpha value is -4.05. The second-order valence-corrected chi connectivity index (χ2v) is 9.95. The Morgan fingerprint density at radius 2 is 1.66 bits per heavy atom. The summed E-state index contributed by atoms with van der Waals surface area (Å²) in [6.45, 7) is 6.84. The molecule has 0 bridgehead atoms. The predicted molar refractivity (Wildman–Crippen MR) is 128 cm³/mol. The number of aromatic nitrogens is 3. The molecule has 2 aromatic rings. The highest BCUT2D eigenvalue weighted by molar-refractivity contribution is 5.73. The number of ether oxygens (including phenoxy) is 3. The molecular formula is C24H27F6N5O6. The summed E-state index contributed by atoms with van der Waals surface area (Å²) in [6.07, 6.45) is -7.07. The van der Waals surface area contributed by atoms with E-state index in [4.69, 9.17) is 24.1 Å². The summed E-state index contributed by atoms with van der Waals surface area (Å²) in [5.41, 5.74) is 0.278. The van der Waals surface area contributed by atoms with Gasteiger partial charge in [0.1, 0.15) is 23.6 Å². The third kappa shape index (κ3) is 8.23. The number of carboxylic acid groups (broad SMARTS) is 1. The molecule has 1 amide bonds. The lowest BCUT2D eigenvalue weighted by Gasteiger charge is -2.39. The molecule has 11 nitrogen and oxygen atoms in total. The van der Waals surface area contributed by atoms with Crippen molar-refractivity contribution in [3.63, 3.8) is 0 Å². The Morgan fingerprint density at radius 1 is 1.02 bits per heavy atom. The zero-order valence-electron chi connectivity index (χ0n) is 22.3. The van der Waals surface area contributed by atoms with Gasteiger partial charge in [-0.15, -0.1) is 0 Å². The van der Waals surface area contributed by atoms with Crippen molar-refractivity contribution in [3.8, 4) is 11.8 Å². The molecule has 1 saturated heterocycles. The molecule has 1 fully saturated rings. The molecule has 4 rings (SSSR count). The van der Waals surface area contributed by atoms with Crippen molar-refractivity contribution in [3.05, 3.63) is 35.4 Å². The molecular weight excluding hydrogens is 568 g/mol. The Balaban J connectivity index is 0.000000587. The lowest BCUT2D eigenvalue weighted by molar-refractivity contribution is -0.192. The molecule has 226 valence electrons. The minimum atomic E-state index is -5.08. The Kier molecular flexibility index (Phi) is 9.08. The number of hydrogen-bond acceptors (Lipinski definition) is 9. The molecule has 2 aromatic heterocycles. The van der Waals surface area contributed by atoms with Crippen LogP contribution in [0.3, 0.4) is 0 Å². The van der Waals surface area contributed by atoms with E-state index in [1.807, 2.05) is 0 Å². The Morgan fingerprint density at radius 3 is 2.20 bits per heavy atom. The van der Waals surface area contributed by atoms with Gasteiger partial charge in [0.15, 0.2) is 0 Å². The lowest BCUT2D eigenvalue weighted by atomic mass is 10.1. The number of methoxy groups -OCH3 is 1. The number of carboxylic acids is 1. The Labute approximate surface area is 230 Å². The van der Waals surface area contributed by atoms with Crippen LogP contribution < -0.4 is 14.4 Å². The maximum atomic E-state index is 13.4. The molecule has 2 aliphatic heterocycles. The summed E-state index contributed by atoms with van der Waals surface area (Å²) in [4.78, 5) is 36.7. The highest BCUT2D eigenvalue weighted by Crippen LogP contribution is 2.38. The van der Waals surface area contributed by atoms with E-state index >= 15 is 0 Å². The van der Waals surface area contributed by atoms with Crippen LogP contribution in [0.5, 0.6) is 11.8 Å². The second-order valence-electron chi connectivity index (χ2n) is 9.95. The maximum Gasteiger partial charge on any atom is 0.490 e. The van der Waals surface area contributed by atoms with Crippen LogP contribution in [-0.4, -0.2) is 81.6 Å². The minimum Gasteiger partial charge on any atom is -0.481 e. The molecule has 4 heterocycles. The average Bonchev–Trinajstić information content (AvgIpc) is 2.83. The number of likely N-dealkylation sites (tertiary alicyclic amines) is 1. The number of alkyl halides is 6. The number of fused-ring (bicyclic) bond motifs is 1. The van der Waals surface area contributed by atoms with E-state index in [1.54, 1.807) is 25.7 Å². The van der Waals surface area contributed by atoms with Crippen LogP contribution in [0.1, 0.15) is 37.6 Å². The van der Waals surface area contributed by atoms with Crippen molar-refractivity contribution >= 4 is 17.7 Å². The standard InChI is InChI=1S/C22H26F3N5O4.C2HF3O2/c1-21(2,3)34-20(31)30-9-14(10-30)33-18-15-11-29(6-5-17(15)27-12-28-18)13-7-16(22(23,24)25)19(32-4)26-8-13;3-2(4,5)1(6)7/h7-8,12,14H,5-6,9-11H2,1-4H3;(H,6,7). The van der Waals surface area contributed by atoms with E-state index in [1.165, 1.54) is 17.4 Å². The first-order valence-corrected chi connectivity index (χ1v) is 12.0. The predicted octanol–water partition coefficient (Wildman–Crippen LogP) is 4.09. The Bertz CT molecular complexity index is 1260. The van der Waals surface area contributed by atoms with Crippen molar-refractivity contribution in [1.82, 2.24) is 19.9 Å². The average molecular weight is 595 g/mol. The molecule has 1 N–H and O–H groups in total. The first-order valence-electron chi connectivity index (χ1n) is 12.0. The first kappa shape index (κ1) is 31.5. The van der Waals surface area contributed by atoms with Gasteiger partial charge in [0.2, 0.25) is 11.8 Å². The minimum absolute atomic E-state index is 0.263. The van der Waals surface area contributed by atoms with Crippen LogP contribution in [0.15, 0.2) is 18.6 Å². The topological polar surface area (TPSA) is 127 Å². The summed E-state index contributed by atoms with van der Waals surface area (Å²) in [6, 6.07) is 1.03. The number of nitrogens with zero attached hydrogens (tertiary/aromatic N) is 5. The van der Waals surface area contributed by atoms with Gasteiger partial charge in [-0.25, -0.2) is 24.5 Å². The molecule has 17 heteroatoms. The largest absolute Gasteiger partial charge is 0.490 e. The molecule has 41 heavy (non-hydrogen) atoms. The summed E-state index contributed by atoms with van der Waals surface area (Å²) < 4.78 is 88.2. The van der Waals surface area contributed by atoms with Gasteiger partial charge in [0.05, 0.1) is 49.9 Å². The van der Waals surface area contributed by atoms with Crippen molar-refractivity contribution in [2.75, 3.05) is 31.6 Å². The molecule has 0 atom stereocenters. The molecule has 0 aromatic carbocycles. The number of aliphatic carboxylic acids is 1. The van der Waals surface area contributed by atoms with Crippen LogP contribution in [0.25, 0.3) is 0 Å². The highest BCUT2D eigenvalue weighted by Gasteiger charge is 2.39. The first-order chi connectivity index (χ1) is 18.9. The normalized spacial score (nSPS) is 15.7. The smallest absolute Gasteiger partial charge is 0.481 e. The van der Waals surface area contributed by atoms with Gasteiger partial charge in [-0.3, -0.25) is 0 Å². The fourth-order valence-electron chi connectivity index (χ4n) is 3.76. The number of carbonyl (C=O) groups excluding carboxylic acids is 1. The molecule has 2 aliphatic rings. The van der Waals surface area contributed by atoms with Crippen molar-refractivity contribution in [2.24, 2.45) is 0 Å². The molecule has 0 spiro atoms. The number of rotatable bonds is 4. The van der Waals surface area contributed by atoms with Crippen LogP contribution in [-0.2, 0) is 28.7 Å². The van der Waals surface area contributed by atoms with Crippen LogP contribution >= 0.6 is 0 Å². The second kappa shape index (κ2) is 11.8. The number of hydrogen-bond donors (Lipinski definition) is 1. The third-order valence-corrected chi connectivity index (χ3v) is 5.68. The third-order valence-electron chi connectivity index (χ3n) is 5.68. The zero-order chi connectivity index (χ0) is 30.8. The quantitative estimate of drug-likeness (QED) is 0.517. The zero-order valence-corrected chi connectivity index (χ0v) is 22.3. The fourth-order valence-corrected chi connectivity index (χ4v) is 3.76. The number of amides is 1. The van der Waals surface area contributed by atoms with Gasteiger partial charge >= 0.3 is 24.4 Å². The summed E-state index contributed by atoms with van der Waals surface area (Å²) in [7, 11) is 1.15. The van der Waals surface area contributed by atoms with E-state index in [0.717, 1.165) is 18.9 Å². The highest BCUT2D eigenvalue weighted by atomic mass is 19.4. The van der Waals surface area contributed by atoms with Crippen LogP contribution in [0, 0.1) is 0 Å². The van der Waals surface area contributed by atoms with Gasteiger partial charge in [-0.2, -0.15) is 26.3 Å². The van der Waals surface area contributed by atoms with Gasteiger partial charge in [0, 0.05) is 13.0 Å². The van der Waals surface area contributed by atoms with E-state index in [2.05, 4.69) is 15.0 Å². The monoisotopic (exact) mass is 595 g/mol. The number of carbonyl (C=O) groups is 2. The van der Waals surface area contributed by atoms with E-state index in [-0.39, 0.29) is 12.6 Å². The summed E-state index contributed by atoms with van der Waals surface area (Å²) in [5.74, 6) is -2.87. The van der Waals surface area contributed by atoms with Crippen molar-refractivity contribution in [2.45, 2.75) is 57.8 Å². The lowest BCUT2D eigenvalue weighted by Crippen LogP contribution is -2.57. The summed E-state index contributed by atoms with van der Waals surface area (Å²) in [5, 5.41) is 7.12. The van der Waals surface area contributed by atoms with Gasteiger partial charge < -0.3 is 29.1 Å².